The maximum atomic E-state index is 11.3. The van der Waals surface area contributed by atoms with E-state index in [2.05, 4.69) is 47.6 Å². The summed E-state index contributed by atoms with van der Waals surface area (Å²) in [5.74, 6) is 2.90. The Morgan fingerprint density at radius 1 is 1.00 bits per heavy atom. The highest BCUT2D eigenvalue weighted by molar-refractivity contribution is 5.20. The standard InChI is InChI=1S/C30H52O2/c1-21(2)11-9-12-22(3)23-14-16-29(8)24-15-17-30(26(4,5)31)25(13-10-20-32-30)27(24,6)18-19-28(23,29)7/h11,22-25,31H,9-10,12-20H2,1-8H3/t22?,23-,24?,25-,27+,28-,29+,30+/m0/s1. The Labute approximate surface area is 199 Å². The third kappa shape index (κ3) is 3.40. The number of ether oxygens (including phenoxy) is 1. The zero-order valence-electron chi connectivity index (χ0n) is 22.5. The van der Waals surface area contributed by atoms with E-state index in [1.54, 1.807) is 0 Å². The summed E-state index contributed by atoms with van der Waals surface area (Å²) in [7, 11) is 0. The molecule has 0 radical (unpaired) electrons. The maximum absolute atomic E-state index is 11.3. The monoisotopic (exact) mass is 444 g/mol. The van der Waals surface area contributed by atoms with Gasteiger partial charge >= 0.3 is 0 Å². The molecule has 8 atom stereocenters. The fourth-order valence-corrected chi connectivity index (χ4v) is 10.0. The van der Waals surface area contributed by atoms with Crippen molar-refractivity contribution in [1.82, 2.24) is 0 Å². The summed E-state index contributed by atoms with van der Waals surface area (Å²) in [6.07, 6.45) is 15.1. The zero-order valence-corrected chi connectivity index (χ0v) is 22.5. The molecule has 3 aliphatic carbocycles. The van der Waals surface area contributed by atoms with E-state index in [1.165, 1.54) is 56.9 Å². The summed E-state index contributed by atoms with van der Waals surface area (Å²) in [5.41, 5.74) is 1.49. The summed E-state index contributed by atoms with van der Waals surface area (Å²) in [4.78, 5) is 0. The van der Waals surface area contributed by atoms with Crippen LogP contribution in [0.15, 0.2) is 11.6 Å². The molecule has 1 aliphatic heterocycles. The van der Waals surface area contributed by atoms with Crippen LogP contribution in [0.5, 0.6) is 0 Å². The first-order valence-electron chi connectivity index (χ1n) is 13.8. The molecule has 1 N–H and O–H groups in total. The summed E-state index contributed by atoms with van der Waals surface area (Å²) < 4.78 is 6.59. The molecule has 0 spiro atoms. The first kappa shape index (κ1) is 24.8. The third-order valence-corrected chi connectivity index (χ3v) is 11.9. The lowest BCUT2D eigenvalue weighted by Gasteiger charge is -2.69. The van der Waals surface area contributed by atoms with Gasteiger partial charge in [-0.1, -0.05) is 39.3 Å². The van der Waals surface area contributed by atoms with Gasteiger partial charge in [-0.2, -0.15) is 0 Å². The van der Waals surface area contributed by atoms with Gasteiger partial charge in [-0.05, 0) is 132 Å². The lowest BCUT2D eigenvalue weighted by atomic mass is 9.37. The average Bonchev–Trinajstić information content (AvgIpc) is 2.98. The smallest absolute Gasteiger partial charge is 0.0995 e. The normalized spacial score (nSPS) is 47.2. The number of hydrogen-bond acceptors (Lipinski definition) is 2. The van der Waals surface area contributed by atoms with Crippen LogP contribution in [0.3, 0.4) is 0 Å². The van der Waals surface area contributed by atoms with Crippen LogP contribution in [0.4, 0.5) is 0 Å². The highest BCUT2D eigenvalue weighted by Crippen LogP contribution is 2.75. The molecule has 2 heteroatoms. The molecule has 1 heterocycles. The fraction of sp³-hybridized carbons (Fsp3) is 0.933. The molecule has 0 aromatic heterocycles. The topological polar surface area (TPSA) is 29.5 Å². The van der Waals surface area contributed by atoms with Crippen molar-refractivity contribution in [3.63, 3.8) is 0 Å². The summed E-state index contributed by atoms with van der Waals surface area (Å²) >= 11 is 0. The lowest BCUT2D eigenvalue weighted by molar-refractivity contribution is -0.291. The summed E-state index contributed by atoms with van der Waals surface area (Å²) in [5, 5.41) is 11.3. The molecule has 1 saturated heterocycles. The molecule has 4 fully saturated rings. The third-order valence-electron chi connectivity index (χ3n) is 11.9. The molecule has 184 valence electrons. The molecule has 0 bridgehead atoms. The van der Waals surface area contributed by atoms with Gasteiger partial charge in [0.25, 0.3) is 0 Å². The minimum absolute atomic E-state index is 0.285. The lowest BCUT2D eigenvalue weighted by Crippen LogP contribution is -2.69. The second-order valence-electron chi connectivity index (χ2n) is 13.9. The molecular formula is C30H52O2. The maximum Gasteiger partial charge on any atom is 0.0995 e. The quantitative estimate of drug-likeness (QED) is 0.436. The van der Waals surface area contributed by atoms with Gasteiger partial charge in [0.1, 0.15) is 0 Å². The first-order chi connectivity index (χ1) is 14.8. The summed E-state index contributed by atoms with van der Waals surface area (Å²) in [6.45, 7) is 19.8. The number of aliphatic hydroxyl groups is 1. The molecule has 2 nitrogen and oxygen atoms in total. The van der Waals surface area contributed by atoms with Crippen molar-refractivity contribution in [2.24, 2.45) is 39.9 Å². The Morgan fingerprint density at radius 2 is 1.72 bits per heavy atom. The summed E-state index contributed by atoms with van der Waals surface area (Å²) in [6, 6.07) is 0. The van der Waals surface area contributed by atoms with Crippen molar-refractivity contribution in [1.29, 1.82) is 0 Å². The number of rotatable bonds is 5. The van der Waals surface area contributed by atoms with Gasteiger partial charge in [0.15, 0.2) is 0 Å². The van der Waals surface area contributed by atoms with E-state index in [0.717, 1.165) is 37.2 Å². The molecule has 3 saturated carbocycles. The van der Waals surface area contributed by atoms with Crippen molar-refractivity contribution >= 4 is 0 Å². The van der Waals surface area contributed by atoms with Crippen molar-refractivity contribution in [2.45, 2.75) is 131 Å². The molecular weight excluding hydrogens is 392 g/mol. The SMILES string of the molecule is CC(C)=CCCC(C)[C@@H]1CC[C@]2(C)C3CC[C@@]4(C(C)(C)O)OCCC[C@H]4[C@]3(C)CC[C@@]12C. The second-order valence-corrected chi connectivity index (χ2v) is 13.9. The van der Waals surface area contributed by atoms with Crippen LogP contribution in [-0.4, -0.2) is 22.9 Å². The van der Waals surface area contributed by atoms with Gasteiger partial charge < -0.3 is 9.84 Å². The minimum atomic E-state index is -0.772. The van der Waals surface area contributed by atoms with Crippen LogP contribution in [0, 0.1) is 39.9 Å². The van der Waals surface area contributed by atoms with Crippen LogP contribution >= 0.6 is 0 Å². The Hall–Kier alpha value is -0.340. The van der Waals surface area contributed by atoms with Gasteiger partial charge in [-0.25, -0.2) is 0 Å². The van der Waals surface area contributed by atoms with Crippen molar-refractivity contribution in [3.8, 4) is 0 Å². The van der Waals surface area contributed by atoms with E-state index < -0.39 is 5.60 Å². The molecule has 0 aromatic rings. The van der Waals surface area contributed by atoms with Gasteiger partial charge in [-0.15, -0.1) is 0 Å². The highest BCUT2D eigenvalue weighted by atomic mass is 16.5. The van der Waals surface area contributed by atoms with E-state index >= 15 is 0 Å². The van der Waals surface area contributed by atoms with Crippen molar-refractivity contribution < 1.29 is 9.84 Å². The van der Waals surface area contributed by atoms with E-state index in [0.29, 0.717) is 16.7 Å². The molecule has 2 unspecified atom stereocenters. The van der Waals surface area contributed by atoms with Crippen LogP contribution in [0.2, 0.25) is 0 Å². The number of hydrogen-bond donors (Lipinski definition) is 1. The van der Waals surface area contributed by atoms with Gasteiger partial charge in [0, 0.05) is 6.61 Å². The Kier molecular flexibility index (Phi) is 6.28. The predicted octanol–water partition coefficient (Wildman–Crippen LogP) is 7.94. The zero-order chi connectivity index (χ0) is 23.6. The van der Waals surface area contributed by atoms with E-state index in [1.807, 2.05) is 13.8 Å². The van der Waals surface area contributed by atoms with Gasteiger partial charge in [0.05, 0.1) is 11.2 Å². The molecule has 0 aromatic carbocycles. The fourth-order valence-electron chi connectivity index (χ4n) is 10.0. The van der Waals surface area contributed by atoms with Crippen molar-refractivity contribution in [2.75, 3.05) is 6.61 Å². The van der Waals surface area contributed by atoms with Crippen LogP contribution in [-0.2, 0) is 4.74 Å². The van der Waals surface area contributed by atoms with E-state index in [-0.39, 0.29) is 11.0 Å². The number of fused-ring (bicyclic) bond motifs is 5. The Balaban J connectivity index is 1.63. The second kappa shape index (κ2) is 8.11. The molecule has 32 heavy (non-hydrogen) atoms. The average molecular weight is 445 g/mol. The largest absolute Gasteiger partial charge is 0.387 e. The molecule has 4 rings (SSSR count). The van der Waals surface area contributed by atoms with Crippen LogP contribution < -0.4 is 0 Å². The van der Waals surface area contributed by atoms with Gasteiger partial charge in [0.2, 0.25) is 0 Å². The van der Waals surface area contributed by atoms with E-state index in [4.69, 9.17) is 4.74 Å². The van der Waals surface area contributed by atoms with E-state index in [9.17, 15) is 5.11 Å². The van der Waals surface area contributed by atoms with Crippen LogP contribution in [0.25, 0.3) is 0 Å². The van der Waals surface area contributed by atoms with Crippen molar-refractivity contribution in [3.05, 3.63) is 11.6 Å². The predicted molar refractivity (Wildman–Crippen MR) is 135 cm³/mol. The minimum Gasteiger partial charge on any atom is -0.387 e. The highest BCUT2D eigenvalue weighted by Gasteiger charge is 2.71. The number of allylic oxidation sites excluding steroid dienone is 2. The molecule has 4 aliphatic rings. The Morgan fingerprint density at radius 3 is 2.38 bits per heavy atom. The molecule has 0 amide bonds. The van der Waals surface area contributed by atoms with Crippen LogP contribution in [0.1, 0.15) is 120 Å². The first-order valence-corrected chi connectivity index (χ1v) is 13.8. The Bertz CT molecular complexity index is 730. The van der Waals surface area contributed by atoms with Gasteiger partial charge in [-0.3, -0.25) is 0 Å².